The number of hydrogen-bond donors (Lipinski definition) is 1. The van der Waals surface area contributed by atoms with Gasteiger partial charge in [0.25, 0.3) is 0 Å². The average Bonchev–Trinajstić information content (AvgIpc) is 2.44. The first-order valence-corrected chi connectivity index (χ1v) is 7.58. The van der Waals surface area contributed by atoms with Crippen molar-refractivity contribution in [1.29, 1.82) is 0 Å². The molecule has 1 N–H and O–H groups in total. The average molecular weight is 295 g/mol. The molecule has 2 rings (SSSR count). The third-order valence-electron chi connectivity index (χ3n) is 3.42. The van der Waals surface area contributed by atoms with Crippen LogP contribution in [0.25, 0.3) is 0 Å². The lowest BCUT2D eigenvalue weighted by molar-refractivity contribution is 0.209. The van der Waals surface area contributed by atoms with Crippen LogP contribution in [-0.4, -0.2) is 12.6 Å². The minimum absolute atomic E-state index is 0.229. The maximum atomic E-state index is 14.0. The number of ether oxygens (including phenoxy) is 1. The maximum Gasteiger partial charge on any atom is 0.191 e. The summed E-state index contributed by atoms with van der Waals surface area (Å²) in [6, 6.07) is 2.69. The molecular formula is C17H23F2NO. The summed E-state index contributed by atoms with van der Waals surface area (Å²) in [7, 11) is 0. The second kappa shape index (κ2) is 7.55. The lowest BCUT2D eigenvalue weighted by atomic mass is 10.1. The molecule has 1 aromatic carbocycles. The van der Waals surface area contributed by atoms with Gasteiger partial charge >= 0.3 is 0 Å². The Kier molecular flexibility index (Phi) is 5.74. The summed E-state index contributed by atoms with van der Waals surface area (Å²) in [5.74, 6) is -1.02. The van der Waals surface area contributed by atoms with E-state index in [1.807, 2.05) is 12.2 Å². The van der Waals surface area contributed by atoms with Gasteiger partial charge in [0.05, 0.1) is 0 Å². The number of nitrogens with one attached hydrogen (secondary N) is 1. The fraction of sp³-hybridized carbons (Fsp3) is 0.529. The molecule has 1 aliphatic rings. The molecule has 0 radical (unpaired) electrons. The van der Waals surface area contributed by atoms with Crippen LogP contribution >= 0.6 is 0 Å². The van der Waals surface area contributed by atoms with Crippen molar-refractivity contribution in [2.75, 3.05) is 6.54 Å². The normalized spacial score (nSPS) is 18.2. The van der Waals surface area contributed by atoms with Crippen molar-refractivity contribution in [2.45, 2.75) is 45.8 Å². The fourth-order valence-corrected chi connectivity index (χ4v) is 2.36. The van der Waals surface area contributed by atoms with Crippen molar-refractivity contribution in [3.8, 4) is 5.75 Å². The van der Waals surface area contributed by atoms with E-state index in [2.05, 4.69) is 19.2 Å². The van der Waals surface area contributed by atoms with E-state index < -0.39 is 11.6 Å². The first-order chi connectivity index (χ1) is 10.1. The van der Waals surface area contributed by atoms with Crippen LogP contribution < -0.4 is 10.1 Å². The van der Waals surface area contributed by atoms with Gasteiger partial charge in [-0.25, -0.2) is 8.78 Å². The van der Waals surface area contributed by atoms with E-state index in [4.69, 9.17) is 4.74 Å². The molecule has 0 aliphatic heterocycles. The molecule has 0 amide bonds. The van der Waals surface area contributed by atoms with Crippen molar-refractivity contribution in [1.82, 2.24) is 5.32 Å². The summed E-state index contributed by atoms with van der Waals surface area (Å²) >= 11 is 0. The number of rotatable bonds is 6. The standard InChI is InChI=1S/C17H23F2NO/c1-12(2)10-20-11-13-8-15(18)17(16(19)9-13)21-14-6-4-3-5-7-14/h4,6,8-9,12,14,20H,3,5,7,10-11H2,1-2H3. The fourth-order valence-electron chi connectivity index (χ4n) is 2.36. The van der Waals surface area contributed by atoms with Crippen molar-refractivity contribution < 1.29 is 13.5 Å². The van der Waals surface area contributed by atoms with Gasteiger partial charge in [-0.2, -0.15) is 0 Å². The summed E-state index contributed by atoms with van der Waals surface area (Å²) in [4.78, 5) is 0. The van der Waals surface area contributed by atoms with Gasteiger partial charge in [-0.1, -0.05) is 19.9 Å². The SMILES string of the molecule is CC(C)CNCc1cc(F)c(OC2C=CCCC2)c(F)c1. The zero-order chi connectivity index (χ0) is 15.2. The van der Waals surface area contributed by atoms with Crippen LogP contribution in [0.4, 0.5) is 8.78 Å². The molecule has 1 atom stereocenters. The lowest BCUT2D eigenvalue weighted by Crippen LogP contribution is -2.20. The van der Waals surface area contributed by atoms with Crippen LogP contribution in [0.2, 0.25) is 0 Å². The molecule has 4 heteroatoms. The molecule has 0 spiro atoms. The molecule has 21 heavy (non-hydrogen) atoms. The number of halogens is 2. The molecule has 0 heterocycles. The van der Waals surface area contributed by atoms with Crippen LogP contribution in [0.3, 0.4) is 0 Å². The Balaban J connectivity index is 2.02. The van der Waals surface area contributed by atoms with E-state index in [1.165, 1.54) is 12.1 Å². The van der Waals surface area contributed by atoms with E-state index in [1.54, 1.807) is 0 Å². The Labute approximate surface area is 125 Å². The smallest absolute Gasteiger partial charge is 0.191 e. The predicted molar refractivity (Wildman–Crippen MR) is 80.3 cm³/mol. The van der Waals surface area contributed by atoms with E-state index in [-0.39, 0.29) is 11.9 Å². The molecule has 1 aliphatic carbocycles. The van der Waals surface area contributed by atoms with Gasteiger partial charge in [-0.15, -0.1) is 0 Å². The van der Waals surface area contributed by atoms with Crippen LogP contribution in [0.15, 0.2) is 24.3 Å². The third-order valence-corrected chi connectivity index (χ3v) is 3.42. The minimum atomic E-state index is -0.629. The maximum absolute atomic E-state index is 14.0. The van der Waals surface area contributed by atoms with Crippen LogP contribution in [0, 0.1) is 17.6 Å². The highest BCUT2D eigenvalue weighted by molar-refractivity contribution is 5.32. The van der Waals surface area contributed by atoms with Gasteiger partial charge < -0.3 is 10.1 Å². The van der Waals surface area contributed by atoms with E-state index in [0.29, 0.717) is 18.0 Å². The van der Waals surface area contributed by atoms with Crippen LogP contribution in [0.1, 0.15) is 38.7 Å². The summed E-state index contributed by atoms with van der Waals surface area (Å²) < 4.78 is 33.5. The van der Waals surface area contributed by atoms with E-state index >= 15 is 0 Å². The van der Waals surface area contributed by atoms with Crippen LogP contribution in [-0.2, 0) is 6.54 Å². The molecule has 2 nitrogen and oxygen atoms in total. The first kappa shape index (κ1) is 16.0. The first-order valence-electron chi connectivity index (χ1n) is 7.58. The van der Waals surface area contributed by atoms with E-state index in [0.717, 1.165) is 25.8 Å². The number of benzene rings is 1. The van der Waals surface area contributed by atoms with Gasteiger partial charge in [0.15, 0.2) is 17.4 Å². The largest absolute Gasteiger partial charge is 0.480 e. The van der Waals surface area contributed by atoms with Crippen molar-refractivity contribution in [2.24, 2.45) is 5.92 Å². The summed E-state index contributed by atoms with van der Waals surface area (Å²) in [5.41, 5.74) is 0.595. The molecule has 0 saturated carbocycles. The highest BCUT2D eigenvalue weighted by Gasteiger charge is 2.17. The Hall–Kier alpha value is -1.42. The minimum Gasteiger partial charge on any atom is -0.480 e. The van der Waals surface area contributed by atoms with Gasteiger partial charge in [-0.3, -0.25) is 0 Å². The number of allylic oxidation sites excluding steroid dienone is 1. The molecule has 0 bridgehead atoms. The van der Waals surface area contributed by atoms with Crippen molar-refractivity contribution in [3.05, 3.63) is 41.5 Å². The Bertz CT molecular complexity index is 477. The lowest BCUT2D eigenvalue weighted by Gasteiger charge is -2.19. The van der Waals surface area contributed by atoms with Gasteiger partial charge in [-0.05, 0) is 55.5 Å². The van der Waals surface area contributed by atoms with Crippen LogP contribution in [0.5, 0.6) is 5.75 Å². The van der Waals surface area contributed by atoms with Crippen molar-refractivity contribution >= 4 is 0 Å². The molecule has 0 fully saturated rings. The second-order valence-electron chi connectivity index (χ2n) is 5.93. The molecule has 116 valence electrons. The van der Waals surface area contributed by atoms with E-state index in [9.17, 15) is 8.78 Å². The van der Waals surface area contributed by atoms with Crippen molar-refractivity contribution in [3.63, 3.8) is 0 Å². The Morgan fingerprint density at radius 1 is 1.29 bits per heavy atom. The van der Waals surface area contributed by atoms with Gasteiger partial charge in [0.1, 0.15) is 6.10 Å². The molecular weight excluding hydrogens is 272 g/mol. The molecule has 0 aromatic heterocycles. The monoisotopic (exact) mass is 295 g/mol. The Morgan fingerprint density at radius 2 is 2.00 bits per heavy atom. The highest BCUT2D eigenvalue weighted by atomic mass is 19.1. The highest BCUT2D eigenvalue weighted by Crippen LogP contribution is 2.26. The molecule has 1 aromatic rings. The predicted octanol–water partition coefficient (Wildman–Crippen LogP) is 4.20. The quantitative estimate of drug-likeness (QED) is 0.794. The van der Waals surface area contributed by atoms with Gasteiger partial charge in [0, 0.05) is 6.54 Å². The third kappa shape index (κ3) is 4.81. The zero-order valence-corrected chi connectivity index (χ0v) is 12.7. The summed E-state index contributed by atoms with van der Waals surface area (Å²) in [6.07, 6.45) is 6.43. The molecule has 0 saturated heterocycles. The number of hydrogen-bond acceptors (Lipinski definition) is 2. The second-order valence-corrected chi connectivity index (χ2v) is 5.93. The summed E-state index contributed by atoms with van der Waals surface area (Å²) in [6.45, 7) is 5.44. The Morgan fingerprint density at radius 3 is 2.57 bits per heavy atom. The topological polar surface area (TPSA) is 21.3 Å². The van der Waals surface area contributed by atoms with Gasteiger partial charge in [0.2, 0.25) is 0 Å². The summed E-state index contributed by atoms with van der Waals surface area (Å²) in [5, 5.41) is 3.17. The molecule has 1 unspecified atom stereocenters. The zero-order valence-electron chi connectivity index (χ0n) is 12.7.